The summed E-state index contributed by atoms with van der Waals surface area (Å²) in [5, 5.41) is 16.4. The largest absolute Gasteiger partial charge is 0.282 e. The smallest absolute Gasteiger partial charge is 0.162 e. The van der Waals surface area contributed by atoms with Gasteiger partial charge in [0.1, 0.15) is 0 Å². The van der Waals surface area contributed by atoms with Gasteiger partial charge in [0.2, 0.25) is 0 Å². The quantitative estimate of drug-likeness (QED) is 0.0798. The average Bonchev–Trinajstić information content (AvgIpc) is 3.54. The maximum absolute atomic E-state index is 9.41. The third kappa shape index (κ3) is 5.48. The molecule has 264 valence electrons. The van der Waals surface area contributed by atoms with Gasteiger partial charge in [-0.05, 0) is 84.3 Å². The second kappa shape index (κ2) is 13.6. The topological polar surface area (TPSA) is 48.6 Å². The van der Waals surface area contributed by atoms with E-state index in [0.717, 1.165) is 55.1 Å². The molecule has 0 spiro atoms. The molecule has 0 bridgehead atoms. The van der Waals surface area contributed by atoms with Crippen LogP contribution >= 0.6 is 0 Å². The molecule has 0 amide bonds. The van der Waals surface area contributed by atoms with Crippen molar-refractivity contribution in [3.8, 4) is 22.3 Å². The van der Waals surface area contributed by atoms with Gasteiger partial charge in [-0.1, -0.05) is 188 Å². The zero-order valence-corrected chi connectivity index (χ0v) is 30.9. The fourth-order valence-electron chi connectivity index (χ4n) is 8.71. The molecular formula is C53H37N3. The molecule has 0 fully saturated rings. The standard InChI is InChI=1S/C53H37N3/c1-53(40-19-6-3-7-20-40)48-25-13-12-23-44(48)50-45(24-14-26-49(50)53)52(56-51(54)38-29-27-36(28-30-38)35-15-4-2-5-16-35)55-34-47-42-22-11-9-18-39(42)33-46-41-21-10-8-17-37(41)31-32-43(46)47/h2-34,54H,1H3. The highest BCUT2D eigenvalue weighted by Gasteiger charge is 2.42. The van der Waals surface area contributed by atoms with Gasteiger partial charge >= 0.3 is 0 Å². The van der Waals surface area contributed by atoms with Crippen LogP contribution < -0.4 is 0 Å². The van der Waals surface area contributed by atoms with Crippen LogP contribution in [0.25, 0.3) is 54.6 Å². The maximum Gasteiger partial charge on any atom is 0.162 e. The van der Waals surface area contributed by atoms with Gasteiger partial charge in [-0.2, -0.15) is 0 Å². The average molecular weight is 716 g/mol. The molecule has 1 aliphatic carbocycles. The van der Waals surface area contributed by atoms with Crippen LogP contribution in [0.2, 0.25) is 0 Å². The number of nitrogens with zero attached hydrogens (tertiary/aromatic N) is 2. The first kappa shape index (κ1) is 33.3. The van der Waals surface area contributed by atoms with Crippen molar-refractivity contribution in [2.75, 3.05) is 0 Å². The summed E-state index contributed by atoms with van der Waals surface area (Å²) < 4.78 is 0. The second-order valence-corrected chi connectivity index (χ2v) is 14.6. The normalized spacial score (nSPS) is 15.1. The summed E-state index contributed by atoms with van der Waals surface area (Å²) in [6.07, 6.45) is 1.97. The van der Waals surface area contributed by atoms with Crippen molar-refractivity contribution in [1.29, 1.82) is 5.41 Å². The van der Waals surface area contributed by atoms with E-state index >= 15 is 0 Å². The number of rotatable bonds is 5. The number of aliphatic imine (C=N–C) groups is 2. The molecule has 56 heavy (non-hydrogen) atoms. The van der Waals surface area contributed by atoms with Gasteiger partial charge < -0.3 is 0 Å². The Hall–Kier alpha value is -7.23. The molecule has 1 N–H and O–H groups in total. The van der Waals surface area contributed by atoms with Gasteiger partial charge in [0.15, 0.2) is 11.7 Å². The van der Waals surface area contributed by atoms with Crippen LogP contribution in [-0.2, 0) is 5.41 Å². The molecule has 0 radical (unpaired) electrons. The van der Waals surface area contributed by atoms with Crippen molar-refractivity contribution in [3.63, 3.8) is 0 Å². The van der Waals surface area contributed by atoms with E-state index in [4.69, 9.17) is 9.98 Å². The Balaban J connectivity index is 1.19. The molecule has 0 saturated heterocycles. The molecule has 0 aromatic heterocycles. The van der Waals surface area contributed by atoms with Gasteiger partial charge in [-0.25, -0.2) is 9.98 Å². The van der Waals surface area contributed by atoms with E-state index in [1.165, 1.54) is 32.8 Å². The lowest BCUT2D eigenvalue weighted by Gasteiger charge is -2.28. The zero-order chi connectivity index (χ0) is 37.6. The Morgan fingerprint density at radius 3 is 1.96 bits per heavy atom. The molecule has 1 aliphatic rings. The van der Waals surface area contributed by atoms with E-state index in [9.17, 15) is 5.41 Å². The molecule has 10 rings (SSSR count). The van der Waals surface area contributed by atoms with Crippen LogP contribution in [0.5, 0.6) is 0 Å². The summed E-state index contributed by atoms with van der Waals surface area (Å²) in [4.78, 5) is 10.4. The van der Waals surface area contributed by atoms with Crippen LogP contribution in [0.15, 0.2) is 204 Å². The summed E-state index contributed by atoms with van der Waals surface area (Å²) in [5.74, 6) is 0.646. The molecule has 3 nitrogen and oxygen atoms in total. The summed E-state index contributed by atoms with van der Waals surface area (Å²) in [6.45, 7) is 2.32. The molecular weight excluding hydrogens is 679 g/mol. The summed E-state index contributed by atoms with van der Waals surface area (Å²) in [7, 11) is 0. The second-order valence-electron chi connectivity index (χ2n) is 14.6. The van der Waals surface area contributed by atoms with Crippen LogP contribution in [0.1, 0.15) is 40.3 Å². The summed E-state index contributed by atoms with van der Waals surface area (Å²) >= 11 is 0. The van der Waals surface area contributed by atoms with Crippen molar-refractivity contribution in [2.24, 2.45) is 9.98 Å². The monoisotopic (exact) mass is 715 g/mol. The minimum atomic E-state index is -0.383. The maximum atomic E-state index is 9.41. The van der Waals surface area contributed by atoms with E-state index in [-0.39, 0.29) is 11.3 Å². The number of benzene rings is 9. The number of fused-ring (bicyclic) bond motifs is 7. The third-order valence-electron chi connectivity index (χ3n) is 11.5. The minimum absolute atomic E-state index is 0.153. The predicted octanol–water partition coefficient (Wildman–Crippen LogP) is 13.0. The van der Waals surface area contributed by atoms with Crippen molar-refractivity contribution in [3.05, 3.63) is 228 Å². The predicted molar refractivity (Wildman–Crippen MR) is 236 cm³/mol. The lowest BCUT2D eigenvalue weighted by Crippen LogP contribution is -2.22. The van der Waals surface area contributed by atoms with Crippen molar-refractivity contribution >= 4 is 50.2 Å². The molecule has 0 saturated carbocycles. The van der Waals surface area contributed by atoms with Gasteiger partial charge in [-0.3, -0.25) is 5.41 Å². The minimum Gasteiger partial charge on any atom is -0.282 e. The molecule has 9 aromatic carbocycles. The SMILES string of the molecule is CC1(c2ccccc2)c2ccccc2-c2c(C(N=Cc3c4ccccc4cc4c3ccc3ccccc34)=NC(=N)c3ccc(-c4ccccc4)cc3)cccc21. The van der Waals surface area contributed by atoms with Gasteiger partial charge in [0, 0.05) is 28.3 Å². The van der Waals surface area contributed by atoms with E-state index < -0.39 is 0 Å². The molecule has 0 aliphatic heterocycles. The number of hydrogen-bond donors (Lipinski definition) is 1. The first-order valence-corrected chi connectivity index (χ1v) is 19.1. The van der Waals surface area contributed by atoms with Crippen LogP contribution in [-0.4, -0.2) is 17.9 Å². The van der Waals surface area contributed by atoms with Gasteiger partial charge in [0.05, 0.1) is 0 Å². The summed E-state index contributed by atoms with van der Waals surface area (Å²) in [5.41, 5.74) is 10.4. The molecule has 9 aromatic rings. The highest BCUT2D eigenvalue weighted by Crippen LogP contribution is 2.53. The number of nitrogens with one attached hydrogen (secondary N) is 1. The fraction of sp³-hybridized carbons (Fsp3) is 0.0377. The Bertz CT molecular complexity index is 3030. The molecule has 1 atom stereocenters. The number of hydrogen-bond acceptors (Lipinski definition) is 1. The Morgan fingerprint density at radius 1 is 0.518 bits per heavy atom. The highest BCUT2D eigenvalue weighted by atomic mass is 15.0. The van der Waals surface area contributed by atoms with E-state index in [2.05, 4.69) is 171 Å². The van der Waals surface area contributed by atoms with Gasteiger partial charge in [-0.15, -0.1) is 0 Å². The Morgan fingerprint density at radius 2 is 1.16 bits per heavy atom. The third-order valence-corrected chi connectivity index (χ3v) is 11.5. The number of amidine groups is 2. The van der Waals surface area contributed by atoms with E-state index in [1.54, 1.807) is 0 Å². The van der Waals surface area contributed by atoms with Crippen molar-refractivity contribution in [1.82, 2.24) is 0 Å². The lowest BCUT2D eigenvalue weighted by molar-refractivity contribution is 0.714. The Labute approximate surface area is 326 Å². The van der Waals surface area contributed by atoms with Crippen LogP contribution in [0, 0.1) is 5.41 Å². The van der Waals surface area contributed by atoms with Crippen molar-refractivity contribution < 1.29 is 0 Å². The Kier molecular flexibility index (Phi) is 8.08. The first-order valence-electron chi connectivity index (χ1n) is 19.1. The molecule has 0 heterocycles. The van der Waals surface area contributed by atoms with Crippen LogP contribution in [0.4, 0.5) is 0 Å². The highest BCUT2D eigenvalue weighted by molar-refractivity contribution is 6.23. The van der Waals surface area contributed by atoms with Gasteiger partial charge in [0.25, 0.3) is 0 Å². The van der Waals surface area contributed by atoms with Crippen LogP contribution in [0.3, 0.4) is 0 Å². The molecule has 1 unspecified atom stereocenters. The van der Waals surface area contributed by atoms with E-state index in [1.807, 2.05) is 36.5 Å². The lowest BCUT2D eigenvalue weighted by atomic mass is 9.74. The summed E-state index contributed by atoms with van der Waals surface area (Å²) in [6, 6.07) is 68.0. The fourth-order valence-corrected chi connectivity index (χ4v) is 8.71. The van der Waals surface area contributed by atoms with E-state index in [0.29, 0.717) is 5.84 Å². The zero-order valence-electron chi connectivity index (χ0n) is 30.9. The first-order chi connectivity index (χ1) is 27.6. The molecule has 3 heteroatoms. The van der Waals surface area contributed by atoms with Crippen molar-refractivity contribution in [2.45, 2.75) is 12.3 Å².